The van der Waals surface area contributed by atoms with Crippen LogP contribution in [0.3, 0.4) is 0 Å². The Hall–Kier alpha value is -1.92. The molecule has 0 aliphatic heterocycles. The van der Waals surface area contributed by atoms with Crippen LogP contribution in [-0.2, 0) is 29.2 Å². The Morgan fingerprint density at radius 3 is 2.55 bits per heavy atom. The van der Waals surface area contributed by atoms with Gasteiger partial charge in [0.1, 0.15) is 6.54 Å². The molecule has 2 aromatic rings. The van der Waals surface area contributed by atoms with Gasteiger partial charge in [-0.1, -0.05) is 35.6 Å². The molecule has 0 unspecified atom stereocenters. The number of aryl methyl sites for hydroxylation is 1. The van der Waals surface area contributed by atoms with Crippen molar-refractivity contribution in [1.29, 1.82) is 0 Å². The van der Waals surface area contributed by atoms with Crippen molar-refractivity contribution < 1.29 is 9.53 Å². The fourth-order valence-corrected chi connectivity index (χ4v) is 2.70. The van der Waals surface area contributed by atoms with Crippen LogP contribution in [0, 0.1) is 6.92 Å². The van der Waals surface area contributed by atoms with Crippen LogP contribution in [0.15, 0.2) is 34.4 Å². The number of amides is 1. The van der Waals surface area contributed by atoms with Gasteiger partial charge in [-0.25, -0.2) is 0 Å². The largest absolute Gasteiger partial charge is 0.377 e. The Labute approximate surface area is 133 Å². The van der Waals surface area contributed by atoms with Gasteiger partial charge in [0, 0.05) is 24.2 Å². The minimum absolute atomic E-state index is 0.0661. The first-order valence-corrected chi connectivity index (χ1v) is 8.05. The molecule has 0 fully saturated rings. The molecule has 0 saturated heterocycles. The number of nitrogens with one attached hydrogen (secondary N) is 1. The van der Waals surface area contributed by atoms with E-state index in [1.165, 1.54) is 4.57 Å². The summed E-state index contributed by atoms with van der Waals surface area (Å²) < 4.78 is 6.82. The van der Waals surface area contributed by atoms with E-state index in [4.69, 9.17) is 4.74 Å². The molecule has 1 N–H and O–H groups in total. The van der Waals surface area contributed by atoms with Gasteiger partial charge in [0.05, 0.1) is 6.61 Å². The Kier molecular flexibility index (Phi) is 5.91. The molecular formula is C16H20N2O3S. The lowest BCUT2D eigenvalue weighted by Gasteiger charge is -2.08. The van der Waals surface area contributed by atoms with Gasteiger partial charge in [-0.2, -0.15) is 0 Å². The fraction of sp³-hybridized carbons (Fsp3) is 0.375. The van der Waals surface area contributed by atoms with Gasteiger partial charge in [-0.05, 0) is 25.0 Å². The maximum Gasteiger partial charge on any atom is 0.307 e. The van der Waals surface area contributed by atoms with Gasteiger partial charge in [0.2, 0.25) is 5.91 Å². The highest BCUT2D eigenvalue weighted by Crippen LogP contribution is 2.06. The van der Waals surface area contributed by atoms with Crippen LogP contribution >= 0.6 is 11.3 Å². The number of carbonyl (C=O) groups is 1. The lowest BCUT2D eigenvalue weighted by molar-refractivity contribution is -0.121. The second kappa shape index (κ2) is 7.91. The van der Waals surface area contributed by atoms with Crippen molar-refractivity contribution in [3.8, 4) is 0 Å². The molecule has 1 aromatic carbocycles. The van der Waals surface area contributed by atoms with E-state index in [0.717, 1.165) is 28.2 Å². The van der Waals surface area contributed by atoms with Gasteiger partial charge in [0.25, 0.3) is 0 Å². The molecule has 2 rings (SSSR count). The quantitative estimate of drug-likeness (QED) is 0.849. The molecule has 0 bridgehead atoms. The van der Waals surface area contributed by atoms with Crippen molar-refractivity contribution in [2.24, 2.45) is 0 Å². The maximum atomic E-state index is 11.9. The highest BCUT2D eigenvalue weighted by atomic mass is 32.1. The standard InChI is InChI=1S/C16H20N2O3S/c1-3-21-10-14-6-4-13(5-7-14)8-17-15(19)9-18-12(2)11-22-16(18)20/h4-7,11H,3,8-10H2,1-2H3,(H,17,19). The van der Waals surface area contributed by atoms with E-state index in [9.17, 15) is 9.59 Å². The lowest BCUT2D eigenvalue weighted by atomic mass is 10.1. The number of nitrogens with zero attached hydrogens (tertiary/aromatic N) is 1. The summed E-state index contributed by atoms with van der Waals surface area (Å²) in [5.74, 6) is -0.165. The van der Waals surface area contributed by atoms with E-state index in [2.05, 4.69) is 5.32 Å². The fourth-order valence-electron chi connectivity index (χ4n) is 1.97. The average Bonchev–Trinajstić information content (AvgIpc) is 2.84. The molecule has 118 valence electrons. The number of hydrogen-bond acceptors (Lipinski definition) is 4. The Bertz CT molecular complexity index is 673. The first-order chi connectivity index (χ1) is 10.6. The van der Waals surface area contributed by atoms with Gasteiger partial charge in [-0.15, -0.1) is 0 Å². The summed E-state index contributed by atoms with van der Waals surface area (Å²) in [4.78, 5) is 23.4. The second-order valence-corrected chi connectivity index (χ2v) is 5.78. The number of rotatable bonds is 7. The SMILES string of the molecule is CCOCc1ccc(CNC(=O)Cn2c(C)csc2=O)cc1. The number of aromatic nitrogens is 1. The van der Waals surface area contributed by atoms with Crippen molar-refractivity contribution >= 4 is 17.2 Å². The van der Waals surface area contributed by atoms with Crippen LogP contribution < -0.4 is 10.2 Å². The Morgan fingerprint density at radius 2 is 1.95 bits per heavy atom. The van der Waals surface area contributed by atoms with E-state index in [-0.39, 0.29) is 17.3 Å². The summed E-state index contributed by atoms with van der Waals surface area (Å²) in [6.07, 6.45) is 0. The van der Waals surface area contributed by atoms with Gasteiger partial charge in [-0.3, -0.25) is 14.2 Å². The van der Waals surface area contributed by atoms with Crippen molar-refractivity contribution in [2.75, 3.05) is 6.61 Å². The summed E-state index contributed by atoms with van der Waals surface area (Å²) in [6.45, 7) is 5.59. The normalized spacial score (nSPS) is 10.6. The van der Waals surface area contributed by atoms with Gasteiger partial charge >= 0.3 is 4.87 Å². The van der Waals surface area contributed by atoms with Crippen LogP contribution in [0.1, 0.15) is 23.7 Å². The van der Waals surface area contributed by atoms with Crippen LogP contribution in [0.4, 0.5) is 0 Å². The van der Waals surface area contributed by atoms with Gasteiger partial charge < -0.3 is 10.1 Å². The Morgan fingerprint density at radius 1 is 1.27 bits per heavy atom. The van der Waals surface area contributed by atoms with Gasteiger partial charge in [0.15, 0.2) is 0 Å². The molecule has 1 amide bonds. The van der Waals surface area contributed by atoms with Crippen molar-refractivity contribution in [2.45, 2.75) is 33.5 Å². The third-order valence-corrected chi connectivity index (χ3v) is 4.14. The molecule has 0 spiro atoms. The highest BCUT2D eigenvalue weighted by Gasteiger charge is 2.08. The molecule has 5 nitrogen and oxygen atoms in total. The summed E-state index contributed by atoms with van der Waals surface area (Å²) in [5, 5.41) is 4.59. The Balaban J connectivity index is 1.84. The zero-order valence-electron chi connectivity index (χ0n) is 12.8. The van der Waals surface area contributed by atoms with Crippen LogP contribution in [0.25, 0.3) is 0 Å². The minimum Gasteiger partial charge on any atom is -0.377 e. The number of hydrogen-bond donors (Lipinski definition) is 1. The van der Waals surface area contributed by atoms with Crippen LogP contribution in [0.2, 0.25) is 0 Å². The average molecular weight is 320 g/mol. The van der Waals surface area contributed by atoms with Crippen molar-refractivity contribution in [1.82, 2.24) is 9.88 Å². The zero-order chi connectivity index (χ0) is 15.9. The second-order valence-electron chi connectivity index (χ2n) is 4.96. The van der Waals surface area contributed by atoms with E-state index >= 15 is 0 Å². The van der Waals surface area contributed by atoms with Crippen LogP contribution in [-0.4, -0.2) is 17.1 Å². The van der Waals surface area contributed by atoms with Crippen molar-refractivity contribution in [3.63, 3.8) is 0 Å². The van der Waals surface area contributed by atoms with E-state index in [0.29, 0.717) is 19.8 Å². The van der Waals surface area contributed by atoms with E-state index in [1.807, 2.05) is 38.1 Å². The number of carbonyl (C=O) groups excluding carboxylic acids is 1. The molecular weight excluding hydrogens is 300 g/mol. The molecule has 22 heavy (non-hydrogen) atoms. The minimum atomic E-state index is -0.165. The molecule has 6 heteroatoms. The summed E-state index contributed by atoms with van der Waals surface area (Å²) in [7, 11) is 0. The highest BCUT2D eigenvalue weighted by molar-refractivity contribution is 7.07. The molecule has 0 atom stereocenters. The molecule has 0 aliphatic rings. The molecule has 1 aromatic heterocycles. The summed E-state index contributed by atoms with van der Waals surface area (Å²) in [5.41, 5.74) is 2.94. The first kappa shape index (κ1) is 16.5. The summed E-state index contributed by atoms with van der Waals surface area (Å²) in [6, 6.07) is 7.92. The third-order valence-electron chi connectivity index (χ3n) is 3.26. The third kappa shape index (κ3) is 4.54. The molecule has 1 heterocycles. The number of benzene rings is 1. The predicted octanol–water partition coefficient (Wildman–Crippen LogP) is 2.07. The zero-order valence-corrected chi connectivity index (χ0v) is 13.6. The predicted molar refractivity (Wildman–Crippen MR) is 86.9 cm³/mol. The number of thiazole rings is 1. The summed E-state index contributed by atoms with van der Waals surface area (Å²) >= 11 is 1.11. The number of ether oxygens (including phenoxy) is 1. The van der Waals surface area contributed by atoms with Crippen LogP contribution in [0.5, 0.6) is 0 Å². The molecule has 0 saturated carbocycles. The smallest absolute Gasteiger partial charge is 0.307 e. The van der Waals surface area contributed by atoms with Crippen molar-refractivity contribution in [3.05, 3.63) is 56.1 Å². The van der Waals surface area contributed by atoms with E-state index in [1.54, 1.807) is 5.38 Å². The molecule has 0 aliphatic carbocycles. The monoisotopic (exact) mass is 320 g/mol. The van der Waals surface area contributed by atoms with E-state index < -0.39 is 0 Å². The topological polar surface area (TPSA) is 60.3 Å². The first-order valence-electron chi connectivity index (χ1n) is 7.17. The lowest BCUT2D eigenvalue weighted by Crippen LogP contribution is -2.30. The molecule has 0 radical (unpaired) electrons. The maximum absolute atomic E-state index is 11.9.